The van der Waals surface area contributed by atoms with E-state index >= 15 is 0 Å². The van der Waals surface area contributed by atoms with Crippen molar-refractivity contribution in [3.8, 4) is 0 Å². The van der Waals surface area contributed by atoms with Crippen molar-refractivity contribution in [2.24, 2.45) is 0 Å². The zero-order chi connectivity index (χ0) is 9.54. The van der Waals surface area contributed by atoms with E-state index in [9.17, 15) is 0 Å². The summed E-state index contributed by atoms with van der Waals surface area (Å²) >= 11 is 5.29. The Morgan fingerprint density at radius 2 is 2.14 bits per heavy atom. The van der Waals surface area contributed by atoms with Gasteiger partial charge in [-0.05, 0) is 24.4 Å². The van der Waals surface area contributed by atoms with Crippen LogP contribution in [0, 0.1) is 0 Å². The summed E-state index contributed by atoms with van der Waals surface area (Å²) in [5, 5.41) is 5.31. The minimum atomic E-state index is 0.826. The van der Waals surface area contributed by atoms with Crippen LogP contribution >= 0.6 is 12.2 Å². The summed E-state index contributed by atoms with van der Waals surface area (Å²) in [7, 11) is 0. The summed E-state index contributed by atoms with van der Waals surface area (Å²) in [6, 6.07) is 10.6. The first-order chi connectivity index (χ1) is 6.86. The first-order valence-electron chi connectivity index (χ1n) is 4.74. The molecule has 1 N–H and O–H groups in total. The largest absolute Gasteiger partial charge is 0.362 e. The molecule has 3 rings (SSSR count). The third kappa shape index (κ3) is 0.990. The fourth-order valence-electron chi connectivity index (χ4n) is 2.01. The van der Waals surface area contributed by atoms with Gasteiger partial charge in [-0.1, -0.05) is 18.2 Å². The van der Waals surface area contributed by atoms with Crippen molar-refractivity contribution in [2.75, 3.05) is 6.54 Å². The van der Waals surface area contributed by atoms with Crippen LogP contribution in [0.5, 0.6) is 0 Å². The van der Waals surface area contributed by atoms with E-state index in [4.69, 9.17) is 12.2 Å². The Kier molecular flexibility index (Phi) is 1.61. The Bertz CT molecular complexity index is 513. The maximum absolute atomic E-state index is 5.29. The highest BCUT2D eigenvalue weighted by molar-refractivity contribution is 7.80. The number of nitrogens with one attached hydrogen (secondary N) is 1. The maximum Gasteiger partial charge on any atom is 0.177 e. The molecule has 14 heavy (non-hydrogen) atoms. The molecule has 2 nitrogen and oxygen atoms in total. The van der Waals surface area contributed by atoms with E-state index < -0.39 is 0 Å². The van der Waals surface area contributed by atoms with Crippen molar-refractivity contribution in [3.63, 3.8) is 0 Å². The second kappa shape index (κ2) is 2.82. The minimum Gasteiger partial charge on any atom is -0.362 e. The van der Waals surface area contributed by atoms with E-state index in [0.29, 0.717) is 0 Å². The highest BCUT2D eigenvalue weighted by atomic mass is 32.1. The van der Waals surface area contributed by atoms with Crippen molar-refractivity contribution in [1.29, 1.82) is 0 Å². The zero-order valence-corrected chi connectivity index (χ0v) is 8.47. The number of hydrogen-bond donors (Lipinski definition) is 1. The highest BCUT2D eigenvalue weighted by Gasteiger charge is 2.15. The van der Waals surface area contributed by atoms with E-state index in [-0.39, 0.29) is 0 Å². The molecule has 0 saturated carbocycles. The Balaban J connectivity index is 2.39. The summed E-state index contributed by atoms with van der Waals surface area (Å²) in [6.07, 6.45) is 1.05. The molecule has 0 bridgehead atoms. The standard InChI is InChI=1S/C11H10N2S/c14-11-12-6-5-9-7-8-3-1-2-4-10(8)13(9)11/h1-4,7H,5-6H2,(H,12,14). The van der Waals surface area contributed by atoms with E-state index in [1.165, 1.54) is 16.6 Å². The molecule has 0 atom stereocenters. The average Bonchev–Trinajstić information content (AvgIpc) is 2.57. The number of nitrogens with zero attached hydrogens (tertiary/aromatic N) is 1. The maximum atomic E-state index is 5.29. The fraction of sp³-hybridized carbons (Fsp3) is 0.182. The van der Waals surface area contributed by atoms with Crippen LogP contribution < -0.4 is 5.32 Å². The fourth-order valence-corrected chi connectivity index (χ4v) is 2.33. The van der Waals surface area contributed by atoms with Gasteiger partial charge in [0, 0.05) is 24.0 Å². The number of rotatable bonds is 0. The molecular formula is C11H10N2S. The Hall–Kier alpha value is -1.35. The van der Waals surface area contributed by atoms with Crippen LogP contribution in [-0.4, -0.2) is 16.2 Å². The molecule has 3 heteroatoms. The van der Waals surface area contributed by atoms with Crippen LogP contribution in [0.4, 0.5) is 0 Å². The van der Waals surface area contributed by atoms with Gasteiger partial charge in [0.1, 0.15) is 0 Å². The molecule has 0 saturated heterocycles. The number of aromatic nitrogens is 1. The van der Waals surface area contributed by atoms with Gasteiger partial charge in [0.15, 0.2) is 5.11 Å². The van der Waals surface area contributed by atoms with E-state index in [1.54, 1.807) is 0 Å². The summed E-state index contributed by atoms with van der Waals surface area (Å²) in [4.78, 5) is 0. The van der Waals surface area contributed by atoms with Crippen LogP contribution in [0.25, 0.3) is 10.9 Å². The van der Waals surface area contributed by atoms with E-state index in [0.717, 1.165) is 18.1 Å². The van der Waals surface area contributed by atoms with Gasteiger partial charge >= 0.3 is 0 Å². The highest BCUT2D eigenvalue weighted by Crippen LogP contribution is 2.21. The third-order valence-corrected chi connectivity index (χ3v) is 2.97. The molecule has 0 spiro atoms. The monoisotopic (exact) mass is 202 g/mol. The number of fused-ring (bicyclic) bond motifs is 3. The third-order valence-electron chi connectivity index (χ3n) is 2.65. The van der Waals surface area contributed by atoms with Gasteiger partial charge in [-0.15, -0.1) is 0 Å². The molecule has 0 unspecified atom stereocenters. The molecular weight excluding hydrogens is 192 g/mol. The second-order valence-electron chi connectivity index (χ2n) is 3.51. The van der Waals surface area contributed by atoms with Gasteiger partial charge in [0.05, 0.1) is 5.52 Å². The molecule has 1 aliphatic heterocycles. The van der Waals surface area contributed by atoms with Crippen LogP contribution in [-0.2, 0) is 6.42 Å². The summed E-state index contributed by atoms with van der Waals surface area (Å²) in [5.41, 5.74) is 2.52. The lowest BCUT2D eigenvalue weighted by Crippen LogP contribution is -2.36. The number of hydrogen-bond acceptors (Lipinski definition) is 1. The van der Waals surface area contributed by atoms with Crippen molar-refractivity contribution in [3.05, 3.63) is 36.0 Å². The predicted octanol–water partition coefficient (Wildman–Crippen LogP) is 1.92. The van der Waals surface area contributed by atoms with Crippen LogP contribution in [0.2, 0.25) is 0 Å². The van der Waals surface area contributed by atoms with Crippen molar-refractivity contribution in [2.45, 2.75) is 6.42 Å². The average molecular weight is 202 g/mol. The van der Waals surface area contributed by atoms with Gasteiger partial charge < -0.3 is 5.32 Å². The number of thiocarbonyl (C=S) groups is 1. The zero-order valence-electron chi connectivity index (χ0n) is 7.66. The molecule has 1 aromatic heterocycles. The molecule has 0 radical (unpaired) electrons. The molecule has 0 aliphatic carbocycles. The lowest BCUT2D eigenvalue weighted by Gasteiger charge is -2.18. The SMILES string of the molecule is S=C1NCCc2cc3ccccc3n21. The van der Waals surface area contributed by atoms with Crippen LogP contribution in [0.3, 0.4) is 0 Å². The first kappa shape index (κ1) is 8.00. The molecule has 70 valence electrons. The molecule has 2 heterocycles. The van der Waals surface area contributed by atoms with Gasteiger partial charge in [-0.25, -0.2) is 0 Å². The van der Waals surface area contributed by atoms with Gasteiger partial charge in [-0.3, -0.25) is 4.57 Å². The van der Waals surface area contributed by atoms with Gasteiger partial charge in [0.25, 0.3) is 0 Å². The minimum absolute atomic E-state index is 0.826. The Labute approximate surface area is 87.5 Å². The molecule has 1 aliphatic rings. The van der Waals surface area contributed by atoms with Crippen LogP contribution in [0.15, 0.2) is 30.3 Å². The number of benzene rings is 1. The quantitative estimate of drug-likeness (QED) is 0.657. The Morgan fingerprint density at radius 1 is 1.29 bits per heavy atom. The van der Waals surface area contributed by atoms with E-state index in [2.05, 4.69) is 34.1 Å². The predicted molar refractivity (Wildman–Crippen MR) is 61.6 cm³/mol. The summed E-state index contributed by atoms with van der Waals surface area (Å²) in [5.74, 6) is 0. The molecule has 0 amide bonds. The van der Waals surface area contributed by atoms with Crippen molar-refractivity contribution in [1.82, 2.24) is 9.88 Å². The van der Waals surface area contributed by atoms with Gasteiger partial charge in [-0.2, -0.15) is 0 Å². The Morgan fingerprint density at radius 3 is 3.07 bits per heavy atom. The van der Waals surface area contributed by atoms with E-state index in [1.807, 2.05) is 6.07 Å². The first-order valence-corrected chi connectivity index (χ1v) is 5.15. The van der Waals surface area contributed by atoms with Crippen molar-refractivity contribution < 1.29 is 0 Å². The summed E-state index contributed by atoms with van der Waals surface area (Å²) in [6.45, 7) is 0.954. The molecule has 2 aromatic rings. The molecule has 1 aromatic carbocycles. The lowest BCUT2D eigenvalue weighted by atomic mass is 10.2. The van der Waals surface area contributed by atoms with Crippen molar-refractivity contribution >= 4 is 28.2 Å². The second-order valence-corrected chi connectivity index (χ2v) is 3.90. The summed E-state index contributed by atoms with van der Waals surface area (Å²) < 4.78 is 2.13. The molecule has 0 fully saturated rings. The number of para-hydroxylation sites is 1. The topological polar surface area (TPSA) is 17.0 Å². The van der Waals surface area contributed by atoms with Crippen LogP contribution in [0.1, 0.15) is 5.69 Å². The lowest BCUT2D eigenvalue weighted by molar-refractivity contribution is 0.773. The normalized spacial score (nSPS) is 15.3. The smallest absolute Gasteiger partial charge is 0.177 e. The van der Waals surface area contributed by atoms with Gasteiger partial charge in [0.2, 0.25) is 0 Å².